The Hall–Kier alpha value is -2.20. The molecule has 0 bridgehead atoms. The number of benzene rings is 2. The van der Waals surface area contributed by atoms with Gasteiger partial charge in [-0.1, -0.05) is 29.3 Å². The number of nitrogen functional groups attached to an aromatic ring is 1. The molecule has 0 heterocycles. The van der Waals surface area contributed by atoms with Gasteiger partial charge in [-0.25, -0.2) is 0 Å². The van der Waals surface area contributed by atoms with Gasteiger partial charge in [0.05, 0.1) is 16.4 Å². The minimum atomic E-state index is -0.323. The Morgan fingerprint density at radius 2 is 1.89 bits per heavy atom. The van der Waals surface area contributed by atoms with Crippen molar-refractivity contribution in [2.75, 3.05) is 11.1 Å². The highest BCUT2D eigenvalue weighted by Gasteiger charge is 2.11. The highest BCUT2D eigenvalue weighted by Crippen LogP contribution is 2.32. The summed E-state index contributed by atoms with van der Waals surface area (Å²) >= 11 is 5.85. The van der Waals surface area contributed by atoms with Crippen LogP contribution in [0.25, 0.3) is 0 Å². The third-order valence-electron chi connectivity index (χ3n) is 2.68. The van der Waals surface area contributed by atoms with Gasteiger partial charge >= 0.3 is 0 Å². The number of halogens is 1. The first kappa shape index (κ1) is 13.2. The van der Waals surface area contributed by atoms with Crippen molar-refractivity contribution in [2.45, 2.75) is 6.92 Å². The number of aromatic hydroxyl groups is 1. The van der Waals surface area contributed by atoms with Crippen LogP contribution in [0.4, 0.5) is 11.4 Å². The van der Waals surface area contributed by atoms with Crippen molar-refractivity contribution in [2.24, 2.45) is 0 Å². The number of anilines is 2. The Labute approximate surface area is 115 Å². The predicted molar refractivity (Wildman–Crippen MR) is 76.7 cm³/mol. The lowest BCUT2D eigenvalue weighted by atomic mass is 10.1. The van der Waals surface area contributed by atoms with E-state index >= 15 is 0 Å². The third-order valence-corrected chi connectivity index (χ3v) is 3.00. The normalized spacial score (nSPS) is 10.2. The topological polar surface area (TPSA) is 75.4 Å². The van der Waals surface area contributed by atoms with Gasteiger partial charge in [0.1, 0.15) is 5.75 Å². The summed E-state index contributed by atoms with van der Waals surface area (Å²) in [5, 5.41) is 12.6. The van der Waals surface area contributed by atoms with Crippen molar-refractivity contribution >= 4 is 28.9 Å². The first-order chi connectivity index (χ1) is 8.97. The minimum Gasteiger partial charge on any atom is -0.506 e. The first-order valence-electron chi connectivity index (χ1n) is 5.63. The maximum atomic E-state index is 12.0. The van der Waals surface area contributed by atoms with E-state index in [1.54, 1.807) is 12.1 Å². The maximum Gasteiger partial charge on any atom is 0.255 e. The zero-order valence-corrected chi connectivity index (χ0v) is 11.0. The van der Waals surface area contributed by atoms with Gasteiger partial charge in [-0.15, -0.1) is 0 Å². The zero-order chi connectivity index (χ0) is 14.0. The van der Waals surface area contributed by atoms with E-state index in [0.29, 0.717) is 5.56 Å². The Morgan fingerprint density at radius 3 is 2.53 bits per heavy atom. The number of rotatable bonds is 2. The van der Waals surface area contributed by atoms with Crippen LogP contribution in [-0.2, 0) is 0 Å². The Balaban J connectivity index is 2.24. The fraction of sp³-hybridized carbons (Fsp3) is 0.0714. The van der Waals surface area contributed by atoms with Crippen LogP contribution in [0, 0.1) is 6.92 Å². The second kappa shape index (κ2) is 5.20. The molecule has 0 aromatic heterocycles. The van der Waals surface area contributed by atoms with E-state index in [0.717, 1.165) is 5.56 Å². The molecule has 19 heavy (non-hydrogen) atoms. The summed E-state index contributed by atoms with van der Waals surface area (Å²) in [6.07, 6.45) is 0. The third kappa shape index (κ3) is 2.98. The van der Waals surface area contributed by atoms with Gasteiger partial charge in [-0.05, 0) is 25.1 Å². The number of amides is 1. The molecule has 0 fully saturated rings. The van der Waals surface area contributed by atoms with E-state index in [-0.39, 0.29) is 28.1 Å². The number of carbonyl (C=O) groups excluding carboxylic acids is 1. The van der Waals surface area contributed by atoms with Gasteiger partial charge in [0, 0.05) is 11.6 Å². The second-order valence-corrected chi connectivity index (χ2v) is 4.62. The Kier molecular flexibility index (Phi) is 3.62. The SMILES string of the molecule is Cc1ccc(C(=O)Nc2cc(Cl)c(N)cc2O)cc1. The van der Waals surface area contributed by atoms with Gasteiger partial charge in [-0.2, -0.15) is 0 Å². The van der Waals surface area contributed by atoms with Crippen molar-refractivity contribution in [1.82, 2.24) is 0 Å². The summed E-state index contributed by atoms with van der Waals surface area (Å²) in [5.41, 5.74) is 7.59. The molecule has 4 nitrogen and oxygen atoms in total. The molecule has 4 N–H and O–H groups in total. The summed E-state index contributed by atoms with van der Waals surface area (Å²) < 4.78 is 0. The fourth-order valence-corrected chi connectivity index (χ4v) is 1.74. The molecule has 0 spiro atoms. The molecule has 0 aliphatic rings. The molecule has 0 radical (unpaired) electrons. The molecule has 0 aliphatic heterocycles. The number of carbonyl (C=O) groups is 1. The summed E-state index contributed by atoms with van der Waals surface area (Å²) in [6.45, 7) is 1.94. The molecule has 2 aromatic carbocycles. The molecule has 0 saturated heterocycles. The summed E-state index contributed by atoms with van der Waals surface area (Å²) in [7, 11) is 0. The van der Waals surface area contributed by atoms with Crippen LogP contribution in [0.2, 0.25) is 5.02 Å². The lowest BCUT2D eigenvalue weighted by molar-refractivity contribution is 0.102. The van der Waals surface area contributed by atoms with Crippen LogP contribution < -0.4 is 11.1 Å². The standard InChI is InChI=1S/C14H13ClN2O2/c1-8-2-4-9(5-3-8)14(19)17-12-6-10(15)11(16)7-13(12)18/h2-7,18H,16H2,1H3,(H,17,19). The highest BCUT2D eigenvalue weighted by atomic mass is 35.5. The molecular formula is C14H13ClN2O2. The lowest BCUT2D eigenvalue weighted by Crippen LogP contribution is -2.12. The van der Waals surface area contributed by atoms with Crippen molar-refractivity contribution in [3.63, 3.8) is 0 Å². The molecular weight excluding hydrogens is 264 g/mol. The van der Waals surface area contributed by atoms with E-state index in [1.807, 2.05) is 19.1 Å². The molecule has 0 atom stereocenters. The fourth-order valence-electron chi connectivity index (χ4n) is 1.58. The monoisotopic (exact) mass is 276 g/mol. The van der Waals surface area contributed by atoms with Crippen molar-refractivity contribution < 1.29 is 9.90 Å². The quantitative estimate of drug-likeness (QED) is 0.582. The van der Waals surface area contributed by atoms with E-state index in [2.05, 4.69) is 5.32 Å². The van der Waals surface area contributed by atoms with Crippen LogP contribution in [0.1, 0.15) is 15.9 Å². The average Bonchev–Trinajstić information content (AvgIpc) is 2.36. The predicted octanol–water partition coefficient (Wildman–Crippen LogP) is 3.19. The van der Waals surface area contributed by atoms with E-state index in [1.165, 1.54) is 12.1 Å². The lowest BCUT2D eigenvalue weighted by Gasteiger charge is -2.09. The van der Waals surface area contributed by atoms with Crippen molar-refractivity contribution in [1.29, 1.82) is 0 Å². The van der Waals surface area contributed by atoms with Crippen LogP contribution >= 0.6 is 11.6 Å². The van der Waals surface area contributed by atoms with Gasteiger partial charge in [0.15, 0.2) is 0 Å². The van der Waals surface area contributed by atoms with Gasteiger partial charge < -0.3 is 16.2 Å². The average molecular weight is 277 g/mol. The van der Waals surface area contributed by atoms with Gasteiger partial charge in [-0.3, -0.25) is 4.79 Å². The summed E-state index contributed by atoms with van der Waals surface area (Å²) in [5.74, 6) is -0.446. The largest absolute Gasteiger partial charge is 0.506 e. The van der Waals surface area contributed by atoms with Crippen molar-refractivity contribution in [3.8, 4) is 5.75 Å². The van der Waals surface area contributed by atoms with Crippen LogP contribution in [0.15, 0.2) is 36.4 Å². The number of aryl methyl sites for hydroxylation is 1. The molecule has 0 unspecified atom stereocenters. The molecule has 1 amide bonds. The number of nitrogens with two attached hydrogens (primary N) is 1. The van der Waals surface area contributed by atoms with E-state index < -0.39 is 0 Å². The first-order valence-corrected chi connectivity index (χ1v) is 6.01. The molecule has 5 heteroatoms. The number of hydrogen-bond donors (Lipinski definition) is 3. The van der Waals surface area contributed by atoms with E-state index in [4.69, 9.17) is 17.3 Å². The molecule has 0 aliphatic carbocycles. The second-order valence-electron chi connectivity index (χ2n) is 4.21. The van der Waals surface area contributed by atoms with Crippen LogP contribution in [0.3, 0.4) is 0 Å². The Morgan fingerprint density at radius 1 is 1.26 bits per heavy atom. The van der Waals surface area contributed by atoms with E-state index in [9.17, 15) is 9.90 Å². The molecule has 2 aromatic rings. The van der Waals surface area contributed by atoms with Gasteiger partial charge in [0.2, 0.25) is 0 Å². The number of hydrogen-bond acceptors (Lipinski definition) is 3. The van der Waals surface area contributed by atoms with Crippen molar-refractivity contribution in [3.05, 3.63) is 52.5 Å². The van der Waals surface area contributed by atoms with Crippen LogP contribution in [0.5, 0.6) is 5.75 Å². The number of phenols is 1. The minimum absolute atomic E-state index is 0.123. The number of phenolic OH excluding ortho intramolecular Hbond substituents is 1. The molecule has 98 valence electrons. The summed E-state index contributed by atoms with van der Waals surface area (Å²) in [6, 6.07) is 9.81. The number of nitrogens with one attached hydrogen (secondary N) is 1. The summed E-state index contributed by atoms with van der Waals surface area (Å²) in [4.78, 5) is 12.0. The Bertz CT molecular complexity index is 624. The van der Waals surface area contributed by atoms with Gasteiger partial charge in [0.25, 0.3) is 5.91 Å². The molecule has 2 rings (SSSR count). The highest BCUT2D eigenvalue weighted by molar-refractivity contribution is 6.33. The maximum absolute atomic E-state index is 12.0. The van der Waals surface area contributed by atoms with Crippen LogP contribution in [-0.4, -0.2) is 11.0 Å². The zero-order valence-electron chi connectivity index (χ0n) is 10.3. The molecule has 0 saturated carbocycles. The smallest absolute Gasteiger partial charge is 0.255 e.